The molecule has 0 spiro atoms. The van der Waals surface area contributed by atoms with Gasteiger partial charge in [-0.15, -0.1) is 0 Å². The lowest BCUT2D eigenvalue weighted by atomic mass is 10.1. The summed E-state index contributed by atoms with van der Waals surface area (Å²) in [5.41, 5.74) is 0.409. The van der Waals surface area contributed by atoms with Gasteiger partial charge in [-0.1, -0.05) is 11.6 Å². The molecular weight excluding hydrogens is 178 g/mol. The number of aromatic nitrogens is 1. The van der Waals surface area contributed by atoms with Gasteiger partial charge >= 0.3 is 5.97 Å². The van der Waals surface area contributed by atoms with Gasteiger partial charge in [0.2, 0.25) is 0 Å². The van der Waals surface area contributed by atoms with Crippen LogP contribution < -0.4 is 0 Å². The number of halogens is 1. The molecule has 0 radical (unpaired) electrons. The maximum absolute atomic E-state index is 10.6. The monoisotopic (exact) mass is 185 g/mol. The van der Waals surface area contributed by atoms with Crippen LogP contribution in [-0.4, -0.2) is 16.1 Å². The smallest absolute Gasteiger partial charge is 0.312 e. The summed E-state index contributed by atoms with van der Waals surface area (Å²) in [6, 6.07) is 3.30. The lowest BCUT2D eigenvalue weighted by Gasteiger charge is -2.05. The second-order valence-corrected chi connectivity index (χ2v) is 2.84. The van der Waals surface area contributed by atoms with E-state index in [9.17, 15) is 4.79 Å². The molecule has 1 N–H and O–H groups in total. The van der Waals surface area contributed by atoms with Crippen molar-refractivity contribution in [3.05, 3.63) is 29.0 Å². The molecule has 0 saturated carbocycles. The molecule has 0 aliphatic carbocycles. The van der Waals surface area contributed by atoms with Crippen LogP contribution in [0.25, 0.3) is 0 Å². The maximum atomic E-state index is 10.6. The largest absolute Gasteiger partial charge is 0.481 e. The van der Waals surface area contributed by atoms with Gasteiger partial charge < -0.3 is 5.11 Å². The number of carbonyl (C=O) groups is 1. The van der Waals surface area contributed by atoms with Crippen LogP contribution in [0.3, 0.4) is 0 Å². The molecule has 4 heteroatoms. The number of rotatable bonds is 2. The highest BCUT2D eigenvalue weighted by atomic mass is 35.5. The van der Waals surface area contributed by atoms with Gasteiger partial charge in [0.1, 0.15) is 0 Å². The molecule has 0 amide bonds. The van der Waals surface area contributed by atoms with E-state index < -0.39 is 11.9 Å². The average Bonchev–Trinajstić information content (AvgIpc) is 2.04. The van der Waals surface area contributed by atoms with Crippen LogP contribution in [0.15, 0.2) is 18.3 Å². The lowest BCUT2D eigenvalue weighted by molar-refractivity contribution is -0.138. The highest BCUT2D eigenvalue weighted by Gasteiger charge is 2.17. The number of nitrogens with zero attached hydrogens (tertiary/aromatic N) is 1. The van der Waals surface area contributed by atoms with Crippen LogP contribution in [0.2, 0.25) is 5.02 Å². The van der Waals surface area contributed by atoms with Crippen molar-refractivity contribution < 1.29 is 9.90 Å². The molecule has 3 nitrogen and oxygen atoms in total. The molecule has 1 atom stereocenters. The molecule has 0 aromatic carbocycles. The van der Waals surface area contributed by atoms with E-state index in [4.69, 9.17) is 16.7 Å². The Hall–Kier alpha value is -1.09. The Morgan fingerprint density at radius 3 is 2.92 bits per heavy atom. The SMILES string of the molecule is CC(C(=O)O)c1ncccc1Cl. The van der Waals surface area contributed by atoms with Crippen molar-refractivity contribution in [2.24, 2.45) is 0 Å². The zero-order valence-corrected chi connectivity index (χ0v) is 7.25. The van der Waals surface area contributed by atoms with Gasteiger partial charge in [0, 0.05) is 6.20 Å². The van der Waals surface area contributed by atoms with Crippen molar-refractivity contribution in [1.82, 2.24) is 4.98 Å². The van der Waals surface area contributed by atoms with E-state index in [-0.39, 0.29) is 0 Å². The average molecular weight is 186 g/mol. The van der Waals surface area contributed by atoms with Crippen LogP contribution >= 0.6 is 11.6 Å². The van der Waals surface area contributed by atoms with E-state index in [0.29, 0.717) is 10.7 Å². The summed E-state index contributed by atoms with van der Waals surface area (Å²) in [5, 5.41) is 9.06. The van der Waals surface area contributed by atoms with E-state index in [2.05, 4.69) is 4.98 Å². The molecule has 64 valence electrons. The Balaban J connectivity index is 3.02. The minimum absolute atomic E-state index is 0.396. The molecule has 0 saturated heterocycles. The molecule has 0 aliphatic rings. The number of carboxylic acid groups (broad SMARTS) is 1. The van der Waals surface area contributed by atoms with Gasteiger partial charge in [0.25, 0.3) is 0 Å². The quantitative estimate of drug-likeness (QED) is 0.766. The van der Waals surface area contributed by atoms with Crippen molar-refractivity contribution in [3.8, 4) is 0 Å². The van der Waals surface area contributed by atoms with Crippen LogP contribution in [0.4, 0.5) is 0 Å². The summed E-state index contributed by atoms with van der Waals surface area (Å²) in [5.74, 6) is -1.57. The summed E-state index contributed by atoms with van der Waals surface area (Å²) in [7, 11) is 0. The first-order valence-electron chi connectivity index (χ1n) is 3.46. The second kappa shape index (κ2) is 3.54. The Labute approximate surface area is 75.0 Å². The van der Waals surface area contributed by atoms with E-state index in [0.717, 1.165) is 0 Å². The fourth-order valence-electron chi connectivity index (χ4n) is 0.833. The van der Waals surface area contributed by atoms with Crippen LogP contribution in [0.5, 0.6) is 0 Å². The minimum atomic E-state index is -0.921. The molecule has 0 bridgehead atoms. The summed E-state index contributed by atoms with van der Waals surface area (Å²) in [4.78, 5) is 14.4. The molecule has 1 rings (SSSR count). The van der Waals surface area contributed by atoms with Crippen molar-refractivity contribution >= 4 is 17.6 Å². The summed E-state index contributed by atoms with van der Waals surface area (Å²) >= 11 is 5.74. The predicted octanol–water partition coefficient (Wildman–Crippen LogP) is 1.92. The topological polar surface area (TPSA) is 50.2 Å². The van der Waals surface area contributed by atoms with Gasteiger partial charge in [-0.25, -0.2) is 0 Å². The Morgan fingerprint density at radius 1 is 1.75 bits per heavy atom. The number of hydrogen-bond donors (Lipinski definition) is 1. The third-order valence-corrected chi connectivity index (χ3v) is 1.89. The molecule has 12 heavy (non-hydrogen) atoms. The van der Waals surface area contributed by atoms with Gasteiger partial charge in [-0.3, -0.25) is 9.78 Å². The number of pyridine rings is 1. The van der Waals surface area contributed by atoms with E-state index in [1.807, 2.05) is 0 Å². The van der Waals surface area contributed by atoms with E-state index in [1.165, 1.54) is 6.20 Å². The number of hydrogen-bond acceptors (Lipinski definition) is 2. The molecule has 0 aliphatic heterocycles. The van der Waals surface area contributed by atoms with Crippen molar-refractivity contribution in [2.45, 2.75) is 12.8 Å². The van der Waals surface area contributed by atoms with Gasteiger partial charge in [-0.05, 0) is 19.1 Å². The summed E-state index contributed by atoms with van der Waals surface area (Å²) in [6.45, 7) is 1.55. The Kier molecular flexibility index (Phi) is 2.65. The predicted molar refractivity (Wildman–Crippen MR) is 45.3 cm³/mol. The highest BCUT2D eigenvalue weighted by molar-refractivity contribution is 6.31. The molecule has 1 aromatic heterocycles. The first-order chi connectivity index (χ1) is 5.63. The maximum Gasteiger partial charge on any atom is 0.312 e. The number of aliphatic carboxylic acids is 1. The summed E-state index contributed by atoms with van der Waals surface area (Å²) in [6.07, 6.45) is 1.53. The number of carboxylic acids is 1. The first kappa shape index (κ1) is 9.00. The van der Waals surface area contributed by atoms with Crippen molar-refractivity contribution in [2.75, 3.05) is 0 Å². The molecule has 1 heterocycles. The highest BCUT2D eigenvalue weighted by Crippen LogP contribution is 2.21. The fraction of sp³-hybridized carbons (Fsp3) is 0.250. The zero-order valence-electron chi connectivity index (χ0n) is 6.49. The molecule has 1 aromatic rings. The van der Waals surface area contributed by atoms with Gasteiger partial charge in [0.05, 0.1) is 16.6 Å². The normalized spacial score (nSPS) is 12.5. The molecule has 0 fully saturated rings. The van der Waals surface area contributed by atoms with Crippen LogP contribution in [0, 0.1) is 0 Å². The van der Waals surface area contributed by atoms with Crippen molar-refractivity contribution in [3.63, 3.8) is 0 Å². The van der Waals surface area contributed by atoms with Gasteiger partial charge in [-0.2, -0.15) is 0 Å². The first-order valence-corrected chi connectivity index (χ1v) is 3.84. The van der Waals surface area contributed by atoms with Gasteiger partial charge in [0.15, 0.2) is 0 Å². The third-order valence-electron chi connectivity index (χ3n) is 1.57. The van der Waals surface area contributed by atoms with Crippen LogP contribution in [-0.2, 0) is 4.79 Å². The Morgan fingerprint density at radius 2 is 2.42 bits per heavy atom. The fourth-order valence-corrected chi connectivity index (χ4v) is 1.12. The van der Waals surface area contributed by atoms with E-state index in [1.54, 1.807) is 19.1 Å². The Bertz CT molecular complexity index is 301. The van der Waals surface area contributed by atoms with E-state index >= 15 is 0 Å². The minimum Gasteiger partial charge on any atom is -0.481 e. The van der Waals surface area contributed by atoms with Crippen LogP contribution in [0.1, 0.15) is 18.5 Å². The zero-order chi connectivity index (χ0) is 9.14. The summed E-state index contributed by atoms with van der Waals surface area (Å²) < 4.78 is 0. The lowest BCUT2D eigenvalue weighted by Crippen LogP contribution is -2.09. The second-order valence-electron chi connectivity index (χ2n) is 2.43. The third kappa shape index (κ3) is 1.74. The standard InChI is InChI=1S/C8H8ClNO2/c1-5(8(11)12)7-6(9)3-2-4-10-7/h2-5H,1H3,(H,11,12). The van der Waals surface area contributed by atoms with Crippen molar-refractivity contribution in [1.29, 1.82) is 0 Å². The molecule has 1 unspecified atom stereocenters. The molecular formula is C8H8ClNO2.